The second kappa shape index (κ2) is 7.41. The Kier molecular flexibility index (Phi) is 5.69. The lowest BCUT2D eigenvalue weighted by atomic mass is 10.1. The number of aryl methyl sites for hydroxylation is 1. The van der Waals surface area contributed by atoms with Gasteiger partial charge >= 0.3 is 0 Å². The van der Waals surface area contributed by atoms with Gasteiger partial charge in [0.2, 0.25) is 10.0 Å². The van der Waals surface area contributed by atoms with Crippen molar-refractivity contribution in [2.75, 3.05) is 20.6 Å². The van der Waals surface area contributed by atoms with Crippen molar-refractivity contribution in [1.82, 2.24) is 14.2 Å². The molecule has 0 aliphatic heterocycles. The summed E-state index contributed by atoms with van der Waals surface area (Å²) in [6, 6.07) is 8.10. The average Bonchev–Trinajstić information content (AvgIpc) is 2.82. The summed E-state index contributed by atoms with van der Waals surface area (Å²) >= 11 is 0. The first-order valence-corrected chi connectivity index (χ1v) is 9.51. The predicted molar refractivity (Wildman–Crippen MR) is 98.2 cm³/mol. The summed E-state index contributed by atoms with van der Waals surface area (Å²) in [4.78, 5) is 12.4. The molecular formula is C18H25N3O3S. The van der Waals surface area contributed by atoms with Gasteiger partial charge in [-0.25, -0.2) is 12.7 Å². The lowest BCUT2D eigenvalue weighted by Crippen LogP contribution is -2.26. The Bertz CT molecular complexity index is 866. The molecule has 7 heteroatoms. The van der Waals surface area contributed by atoms with Gasteiger partial charge in [-0.2, -0.15) is 0 Å². The smallest absolute Gasteiger partial charge is 0.251 e. The minimum absolute atomic E-state index is 0.171. The van der Waals surface area contributed by atoms with E-state index in [2.05, 4.69) is 29.8 Å². The summed E-state index contributed by atoms with van der Waals surface area (Å²) in [5, 5.41) is 2.88. The molecule has 0 radical (unpaired) electrons. The highest BCUT2D eigenvalue weighted by molar-refractivity contribution is 7.89. The van der Waals surface area contributed by atoms with Crippen LogP contribution >= 0.6 is 0 Å². The summed E-state index contributed by atoms with van der Waals surface area (Å²) in [5.74, 6) is -0.209. The van der Waals surface area contributed by atoms with E-state index in [-0.39, 0.29) is 10.8 Å². The third kappa shape index (κ3) is 4.11. The molecule has 1 N–H and O–H groups in total. The topological polar surface area (TPSA) is 71.4 Å². The van der Waals surface area contributed by atoms with E-state index >= 15 is 0 Å². The van der Waals surface area contributed by atoms with Gasteiger partial charge < -0.3 is 9.88 Å². The summed E-state index contributed by atoms with van der Waals surface area (Å²) in [6.45, 7) is 4.65. The standard InChI is InChI=1S/C18H25N3O3S/c1-13-12-16(14(2)21(13)5)10-11-19-18(22)15-6-8-17(9-7-15)25(23,24)20(3)4/h6-9,12H,10-11H2,1-5H3,(H,19,22). The molecule has 0 unspecified atom stereocenters. The fourth-order valence-corrected chi connectivity index (χ4v) is 3.49. The number of aromatic nitrogens is 1. The molecule has 0 aliphatic carbocycles. The van der Waals surface area contributed by atoms with Gasteiger partial charge in [-0.05, 0) is 56.2 Å². The van der Waals surface area contributed by atoms with Crippen LogP contribution in [0.2, 0.25) is 0 Å². The Morgan fingerprint density at radius 2 is 1.76 bits per heavy atom. The molecule has 1 aromatic carbocycles. The van der Waals surface area contributed by atoms with Crippen LogP contribution in [0.1, 0.15) is 27.3 Å². The van der Waals surface area contributed by atoms with Crippen LogP contribution in [0.3, 0.4) is 0 Å². The minimum atomic E-state index is -3.48. The van der Waals surface area contributed by atoms with Gasteiger partial charge in [0.1, 0.15) is 0 Å². The number of benzene rings is 1. The van der Waals surface area contributed by atoms with Gasteiger partial charge in [0.15, 0.2) is 0 Å². The lowest BCUT2D eigenvalue weighted by molar-refractivity contribution is 0.0954. The summed E-state index contributed by atoms with van der Waals surface area (Å²) in [7, 11) is 1.50. The normalized spacial score (nSPS) is 11.8. The molecule has 25 heavy (non-hydrogen) atoms. The van der Waals surface area contributed by atoms with Gasteiger partial charge in [0.05, 0.1) is 4.90 Å². The van der Waals surface area contributed by atoms with Crippen molar-refractivity contribution in [2.24, 2.45) is 7.05 Å². The van der Waals surface area contributed by atoms with Crippen molar-refractivity contribution in [3.05, 3.63) is 52.8 Å². The predicted octanol–water partition coefficient (Wildman–Crippen LogP) is 1.86. The van der Waals surface area contributed by atoms with Crippen molar-refractivity contribution < 1.29 is 13.2 Å². The van der Waals surface area contributed by atoms with Crippen LogP contribution in [-0.2, 0) is 23.5 Å². The van der Waals surface area contributed by atoms with Crippen molar-refractivity contribution in [2.45, 2.75) is 25.2 Å². The Morgan fingerprint density at radius 3 is 2.24 bits per heavy atom. The molecular weight excluding hydrogens is 338 g/mol. The van der Waals surface area contributed by atoms with Gasteiger partial charge in [0, 0.05) is 44.6 Å². The van der Waals surface area contributed by atoms with E-state index < -0.39 is 10.0 Å². The third-order valence-corrected chi connectivity index (χ3v) is 6.28. The summed E-state index contributed by atoms with van der Waals surface area (Å²) in [5.41, 5.74) is 4.05. The highest BCUT2D eigenvalue weighted by atomic mass is 32.2. The van der Waals surface area contributed by atoms with Crippen molar-refractivity contribution >= 4 is 15.9 Å². The van der Waals surface area contributed by atoms with E-state index in [9.17, 15) is 13.2 Å². The maximum Gasteiger partial charge on any atom is 0.251 e. The van der Waals surface area contributed by atoms with Crippen LogP contribution in [0.5, 0.6) is 0 Å². The molecule has 0 saturated carbocycles. The first-order valence-electron chi connectivity index (χ1n) is 8.07. The second-order valence-corrected chi connectivity index (χ2v) is 8.42. The van der Waals surface area contributed by atoms with Crippen LogP contribution < -0.4 is 5.32 Å². The van der Waals surface area contributed by atoms with E-state index in [1.165, 1.54) is 55.3 Å². The van der Waals surface area contributed by atoms with Crippen molar-refractivity contribution in [1.29, 1.82) is 0 Å². The minimum Gasteiger partial charge on any atom is -0.352 e. The molecule has 0 saturated heterocycles. The first kappa shape index (κ1) is 19.2. The van der Waals surface area contributed by atoms with Gasteiger partial charge in [0.25, 0.3) is 5.91 Å². The van der Waals surface area contributed by atoms with Crippen molar-refractivity contribution in [3.63, 3.8) is 0 Å². The molecule has 1 aromatic heterocycles. The van der Waals surface area contributed by atoms with Gasteiger partial charge in [-0.15, -0.1) is 0 Å². The number of sulfonamides is 1. The number of nitrogens with zero attached hydrogens (tertiary/aromatic N) is 2. The molecule has 1 heterocycles. The number of hydrogen-bond donors (Lipinski definition) is 1. The van der Waals surface area contributed by atoms with Crippen LogP contribution in [0, 0.1) is 13.8 Å². The molecule has 6 nitrogen and oxygen atoms in total. The molecule has 1 amide bonds. The number of hydrogen-bond acceptors (Lipinski definition) is 3. The number of carbonyl (C=O) groups is 1. The number of nitrogens with one attached hydrogen (secondary N) is 1. The van der Waals surface area contributed by atoms with E-state index in [4.69, 9.17) is 0 Å². The Morgan fingerprint density at radius 1 is 1.16 bits per heavy atom. The molecule has 0 spiro atoms. The first-order chi connectivity index (χ1) is 11.6. The van der Waals surface area contributed by atoms with E-state index in [0.717, 1.165) is 10.7 Å². The zero-order valence-corrected chi connectivity index (χ0v) is 16.1. The zero-order valence-electron chi connectivity index (χ0n) is 15.3. The molecule has 2 aromatic rings. The number of carbonyl (C=O) groups excluding carboxylic acids is 1. The highest BCUT2D eigenvalue weighted by Gasteiger charge is 2.17. The fraction of sp³-hybridized carbons (Fsp3) is 0.389. The molecule has 0 fully saturated rings. The SMILES string of the molecule is Cc1cc(CCNC(=O)c2ccc(S(=O)(=O)N(C)C)cc2)c(C)n1C. The molecule has 2 rings (SSSR count). The Labute approximate surface area is 149 Å². The molecule has 0 atom stereocenters. The second-order valence-electron chi connectivity index (χ2n) is 6.27. The average molecular weight is 363 g/mol. The summed E-state index contributed by atoms with van der Waals surface area (Å²) in [6.07, 6.45) is 0.756. The van der Waals surface area contributed by atoms with Crippen LogP contribution in [0.4, 0.5) is 0 Å². The zero-order chi connectivity index (χ0) is 18.8. The van der Waals surface area contributed by atoms with Crippen LogP contribution in [-0.4, -0.2) is 43.8 Å². The quantitative estimate of drug-likeness (QED) is 0.852. The van der Waals surface area contributed by atoms with E-state index in [1.807, 2.05) is 7.05 Å². The molecule has 0 bridgehead atoms. The van der Waals surface area contributed by atoms with Gasteiger partial charge in [-0.1, -0.05) is 0 Å². The highest BCUT2D eigenvalue weighted by Crippen LogP contribution is 2.15. The van der Waals surface area contributed by atoms with Crippen LogP contribution in [0.15, 0.2) is 35.2 Å². The van der Waals surface area contributed by atoms with Crippen molar-refractivity contribution in [3.8, 4) is 0 Å². The fourth-order valence-electron chi connectivity index (χ4n) is 2.59. The lowest BCUT2D eigenvalue weighted by Gasteiger charge is -2.11. The maximum atomic E-state index is 12.2. The van der Waals surface area contributed by atoms with E-state index in [1.54, 1.807) is 0 Å². The van der Waals surface area contributed by atoms with Gasteiger partial charge in [-0.3, -0.25) is 4.79 Å². The monoisotopic (exact) mass is 363 g/mol. The molecule has 0 aliphatic rings. The summed E-state index contributed by atoms with van der Waals surface area (Å²) < 4.78 is 27.3. The maximum absolute atomic E-state index is 12.2. The largest absolute Gasteiger partial charge is 0.352 e. The Hall–Kier alpha value is -2.12. The Balaban J connectivity index is 1.98. The molecule has 136 valence electrons. The van der Waals surface area contributed by atoms with E-state index in [0.29, 0.717) is 12.1 Å². The number of rotatable bonds is 6. The number of amides is 1. The third-order valence-electron chi connectivity index (χ3n) is 4.45. The van der Waals surface area contributed by atoms with Crippen LogP contribution in [0.25, 0.3) is 0 Å².